The third-order valence-electron chi connectivity index (χ3n) is 3.09. The summed E-state index contributed by atoms with van der Waals surface area (Å²) in [6.07, 6.45) is 0.815. The second kappa shape index (κ2) is 6.56. The summed E-state index contributed by atoms with van der Waals surface area (Å²) in [6, 6.07) is 5.82. The molecule has 0 spiro atoms. The number of amides is 1. The predicted molar refractivity (Wildman–Crippen MR) is 87.4 cm³/mol. The van der Waals surface area contributed by atoms with Crippen LogP contribution in [-0.2, 0) is 4.74 Å². The highest BCUT2D eigenvalue weighted by atomic mass is 79.9. The van der Waals surface area contributed by atoms with Crippen LogP contribution < -0.4 is 11.1 Å². The van der Waals surface area contributed by atoms with Gasteiger partial charge in [-0.1, -0.05) is 28.9 Å². The lowest BCUT2D eigenvalue weighted by molar-refractivity contribution is 0.0899. The van der Waals surface area contributed by atoms with E-state index in [4.69, 9.17) is 10.5 Å². The number of hydrogen-bond acceptors (Lipinski definition) is 4. The number of methoxy groups -OCH3 is 1. The van der Waals surface area contributed by atoms with E-state index in [-0.39, 0.29) is 11.9 Å². The monoisotopic (exact) mass is 356 g/mol. The van der Waals surface area contributed by atoms with Crippen LogP contribution in [0.3, 0.4) is 0 Å². The van der Waals surface area contributed by atoms with Crippen LogP contribution in [0.2, 0.25) is 0 Å². The van der Waals surface area contributed by atoms with Crippen molar-refractivity contribution in [3.8, 4) is 0 Å². The van der Waals surface area contributed by atoms with Crippen LogP contribution >= 0.6 is 27.3 Å². The minimum Gasteiger partial charge on any atom is -0.397 e. The third-order valence-corrected chi connectivity index (χ3v) is 4.75. The van der Waals surface area contributed by atoms with Crippen LogP contribution in [0.4, 0.5) is 5.69 Å². The van der Waals surface area contributed by atoms with Crippen molar-refractivity contribution in [2.24, 2.45) is 0 Å². The van der Waals surface area contributed by atoms with E-state index in [1.165, 1.54) is 11.3 Å². The minimum atomic E-state index is -0.135. The molecule has 1 aromatic heterocycles. The van der Waals surface area contributed by atoms with Gasteiger partial charge < -0.3 is 15.8 Å². The molecule has 1 atom stereocenters. The maximum atomic E-state index is 12.3. The first-order valence-corrected chi connectivity index (χ1v) is 7.95. The zero-order valence-corrected chi connectivity index (χ0v) is 13.8. The van der Waals surface area contributed by atoms with Crippen LogP contribution in [-0.4, -0.2) is 25.7 Å². The van der Waals surface area contributed by atoms with Gasteiger partial charge in [0.25, 0.3) is 5.91 Å². The van der Waals surface area contributed by atoms with Crippen molar-refractivity contribution in [2.45, 2.75) is 19.4 Å². The van der Waals surface area contributed by atoms with Gasteiger partial charge in [-0.25, -0.2) is 0 Å². The molecule has 108 valence electrons. The Labute approximate surface area is 130 Å². The number of thiophene rings is 1. The van der Waals surface area contributed by atoms with Crippen LogP contribution in [0.25, 0.3) is 10.1 Å². The van der Waals surface area contributed by atoms with Gasteiger partial charge in [0.05, 0.1) is 18.3 Å². The fraction of sp³-hybridized carbons (Fsp3) is 0.357. The number of nitrogens with two attached hydrogens (primary N) is 1. The van der Waals surface area contributed by atoms with E-state index in [1.54, 1.807) is 7.11 Å². The first-order chi connectivity index (χ1) is 9.56. The van der Waals surface area contributed by atoms with E-state index in [0.717, 1.165) is 21.0 Å². The summed E-state index contributed by atoms with van der Waals surface area (Å²) in [6.45, 7) is 2.51. The summed E-state index contributed by atoms with van der Waals surface area (Å²) in [5.74, 6) is -0.135. The van der Waals surface area contributed by atoms with Crippen molar-refractivity contribution in [1.82, 2.24) is 5.32 Å². The Hall–Kier alpha value is -1.11. The number of fused-ring (bicyclic) bond motifs is 1. The molecule has 1 aromatic carbocycles. The molecule has 1 amide bonds. The van der Waals surface area contributed by atoms with E-state index >= 15 is 0 Å². The lowest BCUT2D eigenvalue weighted by Gasteiger charge is -2.15. The van der Waals surface area contributed by atoms with Gasteiger partial charge >= 0.3 is 0 Å². The molecule has 2 rings (SSSR count). The molecule has 1 heterocycles. The summed E-state index contributed by atoms with van der Waals surface area (Å²) in [5, 5.41) is 3.87. The standard InChI is InChI=1S/C14H17BrN2O2S/c1-3-9(7-19-2)17-14(18)13-12(16)10-5-4-8(15)6-11(10)20-13/h4-6,9H,3,7,16H2,1-2H3,(H,17,18). The number of carbonyl (C=O) groups excluding carboxylic acids is 1. The molecule has 0 radical (unpaired) electrons. The van der Waals surface area contributed by atoms with Crippen LogP contribution in [0.1, 0.15) is 23.0 Å². The Balaban J connectivity index is 2.28. The average molecular weight is 357 g/mol. The van der Waals surface area contributed by atoms with Crippen molar-refractivity contribution in [3.63, 3.8) is 0 Å². The SMILES string of the molecule is CCC(COC)NC(=O)c1sc2cc(Br)ccc2c1N. The number of nitrogens with one attached hydrogen (secondary N) is 1. The molecule has 0 bridgehead atoms. The highest BCUT2D eigenvalue weighted by Gasteiger charge is 2.19. The summed E-state index contributed by atoms with van der Waals surface area (Å²) in [4.78, 5) is 12.9. The number of hydrogen-bond donors (Lipinski definition) is 2. The number of rotatable bonds is 5. The largest absolute Gasteiger partial charge is 0.397 e. The zero-order chi connectivity index (χ0) is 14.7. The number of ether oxygens (including phenoxy) is 1. The quantitative estimate of drug-likeness (QED) is 0.862. The average Bonchev–Trinajstić information content (AvgIpc) is 2.74. The van der Waals surface area contributed by atoms with Crippen LogP contribution in [0, 0.1) is 0 Å². The van der Waals surface area contributed by atoms with Gasteiger partial charge in [0.1, 0.15) is 4.88 Å². The van der Waals surface area contributed by atoms with Crippen LogP contribution in [0.5, 0.6) is 0 Å². The van der Waals surface area contributed by atoms with Gasteiger partial charge in [-0.2, -0.15) is 0 Å². The summed E-state index contributed by atoms with van der Waals surface area (Å²) < 4.78 is 7.07. The van der Waals surface area contributed by atoms with E-state index in [2.05, 4.69) is 21.2 Å². The highest BCUT2D eigenvalue weighted by molar-refractivity contribution is 9.10. The number of benzene rings is 1. The van der Waals surface area contributed by atoms with Crippen molar-refractivity contribution in [1.29, 1.82) is 0 Å². The summed E-state index contributed by atoms with van der Waals surface area (Å²) in [7, 11) is 1.63. The second-order valence-electron chi connectivity index (χ2n) is 4.52. The molecule has 6 heteroatoms. The predicted octanol–water partition coefficient (Wildman–Crippen LogP) is 3.40. The van der Waals surface area contributed by atoms with Gasteiger partial charge in [0.2, 0.25) is 0 Å². The van der Waals surface area contributed by atoms with Gasteiger partial charge in [-0.15, -0.1) is 11.3 Å². The second-order valence-corrected chi connectivity index (χ2v) is 6.49. The Bertz CT molecular complexity index is 627. The van der Waals surface area contributed by atoms with Gasteiger partial charge in [0, 0.05) is 21.7 Å². The molecule has 0 aliphatic carbocycles. The molecule has 2 aromatic rings. The summed E-state index contributed by atoms with van der Waals surface area (Å²) in [5.41, 5.74) is 6.63. The molecule has 4 nitrogen and oxygen atoms in total. The third kappa shape index (κ3) is 3.13. The fourth-order valence-electron chi connectivity index (χ4n) is 1.97. The Kier molecular flexibility index (Phi) is 5.01. The molecule has 20 heavy (non-hydrogen) atoms. The Morgan fingerprint density at radius 1 is 1.55 bits per heavy atom. The zero-order valence-electron chi connectivity index (χ0n) is 11.4. The minimum absolute atomic E-state index is 0.00356. The van der Waals surface area contributed by atoms with Gasteiger partial charge in [-0.05, 0) is 18.6 Å². The maximum absolute atomic E-state index is 12.3. The van der Waals surface area contributed by atoms with Crippen molar-refractivity contribution < 1.29 is 9.53 Å². The van der Waals surface area contributed by atoms with Crippen LogP contribution in [0.15, 0.2) is 22.7 Å². The van der Waals surface area contributed by atoms with E-state index in [9.17, 15) is 4.79 Å². The smallest absolute Gasteiger partial charge is 0.263 e. The van der Waals surface area contributed by atoms with Crippen molar-refractivity contribution >= 4 is 48.9 Å². The Morgan fingerprint density at radius 3 is 2.95 bits per heavy atom. The van der Waals surface area contributed by atoms with Gasteiger partial charge in [0.15, 0.2) is 0 Å². The fourth-order valence-corrected chi connectivity index (χ4v) is 3.55. The number of halogens is 1. The van der Waals surface area contributed by atoms with E-state index in [1.807, 2.05) is 25.1 Å². The molecule has 0 fully saturated rings. The lowest BCUT2D eigenvalue weighted by Crippen LogP contribution is -2.37. The number of carbonyl (C=O) groups is 1. The first-order valence-electron chi connectivity index (χ1n) is 6.34. The number of anilines is 1. The Morgan fingerprint density at radius 2 is 2.30 bits per heavy atom. The lowest BCUT2D eigenvalue weighted by atomic mass is 10.2. The molecular weight excluding hydrogens is 340 g/mol. The molecule has 3 N–H and O–H groups in total. The van der Waals surface area contributed by atoms with Gasteiger partial charge in [-0.3, -0.25) is 4.79 Å². The topological polar surface area (TPSA) is 64.3 Å². The molecule has 1 unspecified atom stereocenters. The van der Waals surface area contributed by atoms with Crippen molar-refractivity contribution in [2.75, 3.05) is 19.5 Å². The highest BCUT2D eigenvalue weighted by Crippen LogP contribution is 2.35. The molecule has 0 saturated carbocycles. The normalized spacial score (nSPS) is 12.6. The molecule has 0 saturated heterocycles. The molecule has 0 aliphatic heterocycles. The van der Waals surface area contributed by atoms with E-state index < -0.39 is 0 Å². The van der Waals surface area contributed by atoms with Crippen molar-refractivity contribution in [3.05, 3.63) is 27.5 Å². The molecule has 0 aliphatic rings. The maximum Gasteiger partial charge on any atom is 0.263 e. The molecular formula is C14H17BrN2O2S. The first kappa shape index (κ1) is 15.3. The number of nitrogen functional groups attached to an aromatic ring is 1. The van der Waals surface area contributed by atoms with E-state index in [0.29, 0.717) is 17.2 Å². The summed E-state index contributed by atoms with van der Waals surface area (Å²) >= 11 is 4.83.